The minimum atomic E-state index is 0.212. The van der Waals surface area contributed by atoms with Crippen LogP contribution >= 0.6 is 0 Å². The van der Waals surface area contributed by atoms with E-state index in [-0.39, 0.29) is 6.04 Å². The van der Waals surface area contributed by atoms with Gasteiger partial charge in [-0.2, -0.15) is 5.10 Å². The molecule has 0 saturated carbocycles. The summed E-state index contributed by atoms with van der Waals surface area (Å²) in [5.41, 5.74) is 3.96. The van der Waals surface area contributed by atoms with Gasteiger partial charge in [0, 0.05) is 12.7 Å². The normalized spacial score (nSPS) is 12.6. The number of hydrogen-bond donors (Lipinski definition) is 1. The van der Waals surface area contributed by atoms with E-state index in [1.807, 2.05) is 17.9 Å². The minimum absolute atomic E-state index is 0.212. The molecule has 0 fully saturated rings. The van der Waals surface area contributed by atoms with Gasteiger partial charge in [0.05, 0.1) is 11.7 Å². The zero-order valence-electron chi connectivity index (χ0n) is 11.4. The van der Waals surface area contributed by atoms with Gasteiger partial charge in [-0.15, -0.1) is 0 Å². The molecule has 1 aromatic heterocycles. The molecule has 2 aromatic rings. The van der Waals surface area contributed by atoms with Gasteiger partial charge in [0.15, 0.2) is 0 Å². The summed E-state index contributed by atoms with van der Waals surface area (Å²) in [4.78, 5) is 0. The lowest BCUT2D eigenvalue weighted by atomic mass is 9.96. The van der Waals surface area contributed by atoms with Crippen molar-refractivity contribution in [1.29, 1.82) is 0 Å². The van der Waals surface area contributed by atoms with E-state index in [4.69, 9.17) is 0 Å². The third-order valence-electron chi connectivity index (χ3n) is 3.38. The maximum absolute atomic E-state index is 4.36. The van der Waals surface area contributed by atoms with Crippen molar-refractivity contribution in [3.8, 4) is 0 Å². The molecule has 1 heterocycles. The molecule has 1 unspecified atom stereocenters. The van der Waals surface area contributed by atoms with Crippen molar-refractivity contribution >= 4 is 0 Å². The van der Waals surface area contributed by atoms with Crippen LogP contribution < -0.4 is 5.32 Å². The summed E-state index contributed by atoms with van der Waals surface area (Å²) in [7, 11) is 2.00. The van der Waals surface area contributed by atoms with Crippen LogP contribution in [0.15, 0.2) is 36.5 Å². The number of rotatable bonds is 5. The summed E-state index contributed by atoms with van der Waals surface area (Å²) >= 11 is 0. The van der Waals surface area contributed by atoms with Crippen molar-refractivity contribution in [2.75, 3.05) is 7.05 Å². The second kappa shape index (κ2) is 5.83. The Hall–Kier alpha value is -1.61. The van der Waals surface area contributed by atoms with Crippen molar-refractivity contribution in [2.45, 2.75) is 32.9 Å². The molecule has 0 amide bonds. The van der Waals surface area contributed by atoms with E-state index >= 15 is 0 Å². The third kappa shape index (κ3) is 2.31. The second-order valence-electron chi connectivity index (χ2n) is 4.35. The van der Waals surface area contributed by atoms with Gasteiger partial charge in [0.2, 0.25) is 0 Å². The first-order valence-corrected chi connectivity index (χ1v) is 6.58. The van der Waals surface area contributed by atoms with Gasteiger partial charge in [-0.05, 0) is 37.6 Å². The first-order chi connectivity index (χ1) is 8.81. The Labute approximate surface area is 109 Å². The van der Waals surface area contributed by atoms with Crippen LogP contribution in [0.5, 0.6) is 0 Å². The number of aryl methyl sites for hydroxylation is 2. The number of hydrogen-bond acceptors (Lipinski definition) is 2. The van der Waals surface area contributed by atoms with Crippen molar-refractivity contribution in [3.05, 3.63) is 53.3 Å². The number of aromatic nitrogens is 2. The molecule has 0 aliphatic rings. The van der Waals surface area contributed by atoms with Gasteiger partial charge in [0.25, 0.3) is 0 Å². The zero-order valence-corrected chi connectivity index (χ0v) is 11.4. The molecule has 3 heteroatoms. The Kier molecular flexibility index (Phi) is 4.15. The predicted octanol–water partition coefficient (Wildman–Crippen LogP) is 2.77. The molecular weight excluding hydrogens is 222 g/mol. The summed E-state index contributed by atoms with van der Waals surface area (Å²) in [6.07, 6.45) is 2.92. The average molecular weight is 243 g/mol. The minimum Gasteiger partial charge on any atom is -0.308 e. The fourth-order valence-corrected chi connectivity index (χ4v) is 2.45. The van der Waals surface area contributed by atoms with Gasteiger partial charge < -0.3 is 5.32 Å². The van der Waals surface area contributed by atoms with Crippen molar-refractivity contribution in [1.82, 2.24) is 15.1 Å². The molecule has 2 rings (SSSR count). The largest absolute Gasteiger partial charge is 0.308 e. The van der Waals surface area contributed by atoms with E-state index in [9.17, 15) is 0 Å². The molecule has 96 valence electrons. The Morgan fingerprint density at radius 1 is 1.22 bits per heavy atom. The lowest BCUT2D eigenvalue weighted by Crippen LogP contribution is -2.22. The van der Waals surface area contributed by atoms with E-state index < -0.39 is 0 Å². The highest BCUT2D eigenvalue weighted by atomic mass is 15.3. The van der Waals surface area contributed by atoms with Crippen LogP contribution in [-0.2, 0) is 13.0 Å². The van der Waals surface area contributed by atoms with E-state index in [0.29, 0.717) is 0 Å². The van der Waals surface area contributed by atoms with Crippen LogP contribution in [0.3, 0.4) is 0 Å². The van der Waals surface area contributed by atoms with E-state index in [1.165, 1.54) is 16.8 Å². The summed E-state index contributed by atoms with van der Waals surface area (Å²) in [5.74, 6) is 0. The highest BCUT2D eigenvalue weighted by Crippen LogP contribution is 2.25. The Morgan fingerprint density at radius 2 is 2.00 bits per heavy atom. The van der Waals surface area contributed by atoms with Crippen molar-refractivity contribution in [3.63, 3.8) is 0 Å². The molecule has 1 aromatic carbocycles. The number of nitrogens with zero attached hydrogens (tertiary/aromatic N) is 2. The van der Waals surface area contributed by atoms with Crippen LogP contribution in [0.25, 0.3) is 0 Å². The third-order valence-corrected chi connectivity index (χ3v) is 3.38. The lowest BCUT2D eigenvalue weighted by Gasteiger charge is -2.20. The fraction of sp³-hybridized carbons (Fsp3) is 0.400. The Balaban J connectivity index is 2.45. The van der Waals surface area contributed by atoms with Crippen LogP contribution in [0.4, 0.5) is 0 Å². The van der Waals surface area contributed by atoms with Gasteiger partial charge in [-0.1, -0.05) is 31.2 Å². The number of benzene rings is 1. The maximum atomic E-state index is 4.36. The van der Waals surface area contributed by atoms with Gasteiger partial charge in [-0.3, -0.25) is 4.68 Å². The summed E-state index contributed by atoms with van der Waals surface area (Å²) < 4.78 is 2.05. The monoisotopic (exact) mass is 243 g/mol. The van der Waals surface area contributed by atoms with Crippen LogP contribution in [0.1, 0.15) is 36.7 Å². The SMILES string of the molecule is CCc1ccccc1C(NC)c1ccnn1CC. The van der Waals surface area contributed by atoms with E-state index in [2.05, 4.69) is 54.6 Å². The lowest BCUT2D eigenvalue weighted by molar-refractivity contribution is 0.561. The standard InChI is InChI=1S/C15H21N3/c1-4-12-8-6-7-9-13(12)15(16-3)14-10-11-17-18(14)5-2/h6-11,15-16H,4-5H2,1-3H3. The van der Waals surface area contributed by atoms with Crippen molar-refractivity contribution in [2.24, 2.45) is 0 Å². The topological polar surface area (TPSA) is 29.9 Å². The highest BCUT2D eigenvalue weighted by Gasteiger charge is 2.18. The fourth-order valence-electron chi connectivity index (χ4n) is 2.45. The van der Waals surface area contributed by atoms with E-state index in [0.717, 1.165) is 13.0 Å². The van der Waals surface area contributed by atoms with Crippen LogP contribution in [-0.4, -0.2) is 16.8 Å². The summed E-state index contributed by atoms with van der Waals surface area (Å²) in [6, 6.07) is 10.9. The molecule has 18 heavy (non-hydrogen) atoms. The first-order valence-electron chi connectivity index (χ1n) is 6.58. The smallest absolute Gasteiger partial charge is 0.0748 e. The maximum Gasteiger partial charge on any atom is 0.0748 e. The second-order valence-corrected chi connectivity index (χ2v) is 4.35. The molecule has 0 radical (unpaired) electrons. The predicted molar refractivity (Wildman–Crippen MR) is 74.6 cm³/mol. The molecule has 1 N–H and O–H groups in total. The number of nitrogens with one attached hydrogen (secondary N) is 1. The van der Waals surface area contributed by atoms with Crippen molar-refractivity contribution < 1.29 is 0 Å². The highest BCUT2D eigenvalue weighted by molar-refractivity contribution is 5.35. The molecule has 3 nitrogen and oxygen atoms in total. The molecule has 0 bridgehead atoms. The molecule has 0 aliphatic carbocycles. The quantitative estimate of drug-likeness (QED) is 0.875. The molecule has 0 saturated heterocycles. The molecule has 0 spiro atoms. The van der Waals surface area contributed by atoms with Gasteiger partial charge in [0.1, 0.15) is 0 Å². The first kappa shape index (κ1) is 12.8. The average Bonchev–Trinajstić information content (AvgIpc) is 2.88. The molecule has 0 aliphatic heterocycles. The Morgan fingerprint density at radius 3 is 2.67 bits per heavy atom. The van der Waals surface area contributed by atoms with Gasteiger partial charge >= 0.3 is 0 Å². The molecular formula is C15H21N3. The molecule has 1 atom stereocenters. The summed E-state index contributed by atoms with van der Waals surface area (Å²) in [5, 5.41) is 7.77. The zero-order chi connectivity index (χ0) is 13.0. The van der Waals surface area contributed by atoms with E-state index in [1.54, 1.807) is 0 Å². The summed E-state index contributed by atoms with van der Waals surface area (Å²) in [6.45, 7) is 5.21. The Bertz CT molecular complexity index is 502. The van der Waals surface area contributed by atoms with Crippen LogP contribution in [0, 0.1) is 0 Å². The van der Waals surface area contributed by atoms with Gasteiger partial charge in [-0.25, -0.2) is 0 Å². The van der Waals surface area contributed by atoms with Crippen LogP contribution in [0.2, 0.25) is 0 Å².